The lowest BCUT2D eigenvalue weighted by Gasteiger charge is -2.33. The Morgan fingerprint density at radius 2 is 2.21 bits per heavy atom. The van der Waals surface area contributed by atoms with Gasteiger partial charge in [-0.25, -0.2) is 0 Å². The van der Waals surface area contributed by atoms with Gasteiger partial charge in [-0.15, -0.1) is 0 Å². The molecule has 1 N–H and O–H groups in total. The van der Waals surface area contributed by atoms with Crippen molar-refractivity contribution in [2.45, 2.75) is 0 Å². The van der Waals surface area contributed by atoms with Gasteiger partial charge in [0.05, 0.1) is 25.0 Å². The standard InChI is InChI=1S/C14H13N3O2/c1-17-6-11(10-4-2-3-5-12(10)17)16-13(18)14(7-15)8-19-9-14/h2-6H,8-9H2,1H3,(H,16,18). The zero-order valence-corrected chi connectivity index (χ0v) is 10.5. The third-order valence-electron chi connectivity index (χ3n) is 3.49. The van der Waals surface area contributed by atoms with Gasteiger partial charge in [-0.1, -0.05) is 18.2 Å². The van der Waals surface area contributed by atoms with Gasteiger partial charge in [0.25, 0.3) is 0 Å². The second-order valence-electron chi connectivity index (χ2n) is 4.81. The maximum absolute atomic E-state index is 12.2. The minimum absolute atomic E-state index is 0.167. The highest BCUT2D eigenvalue weighted by Crippen LogP contribution is 2.31. The quantitative estimate of drug-likeness (QED) is 0.887. The van der Waals surface area contributed by atoms with Gasteiger partial charge in [0.15, 0.2) is 5.41 Å². The molecule has 0 saturated carbocycles. The number of hydrogen-bond donors (Lipinski definition) is 1. The molecule has 0 aliphatic carbocycles. The number of para-hydroxylation sites is 1. The monoisotopic (exact) mass is 255 g/mol. The number of aromatic nitrogens is 1. The van der Waals surface area contributed by atoms with E-state index in [0.29, 0.717) is 0 Å². The van der Waals surface area contributed by atoms with Gasteiger partial charge in [0.1, 0.15) is 0 Å². The lowest BCUT2D eigenvalue weighted by atomic mass is 9.87. The number of ether oxygens (including phenoxy) is 1. The van der Waals surface area contributed by atoms with Crippen molar-refractivity contribution in [3.05, 3.63) is 30.5 Å². The summed E-state index contributed by atoms with van der Waals surface area (Å²) in [4.78, 5) is 12.2. The molecule has 1 saturated heterocycles. The minimum Gasteiger partial charge on any atom is -0.377 e. The summed E-state index contributed by atoms with van der Waals surface area (Å²) in [5, 5.41) is 12.9. The van der Waals surface area contributed by atoms with Crippen LogP contribution in [0.5, 0.6) is 0 Å². The van der Waals surface area contributed by atoms with Gasteiger partial charge >= 0.3 is 0 Å². The van der Waals surface area contributed by atoms with Crippen LogP contribution in [0.15, 0.2) is 30.5 Å². The maximum Gasteiger partial charge on any atom is 0.249 e. The summed E-state index contributed by atoms with van der Waals surface area (Å²) in [5.41, 5.74) is 0.731. The highest BCUT2D eigenvalue weighted by atomic mass is 16.5. The number of carbonyl (C=O) groups excluding carboxylic acids is 1. The zero-order chi connectivity index (χ0) is 13.5. The molecule has 1 aromatic carbocycles. The lowest BCUT2D eigenvalue weighted by molar-refractivity contribution is -0.144. The van der Waals surface area contributed by atoms with Crippen LogP contribution in [0.4, 0.5) is 5.69 Å². The van der Waals surface area contributed by atoms with Gasteiger partial charge < -0.3 is 14.6 Å². The third-order valence-corrected chi connectivity index (χ3v) is 3.49. The van der Waals surface area contributed by atoms with E-state index in [-0.39, 0.29) is 19.1 Å². The topological polar surface area (TPSA) is 67.0 Å². The largest absolute Gasteiger partial charge is 0.377 e. The van der Waals surface area contributed by atoms with E-state index in [4.69, 9.17) is 10.00 Å². The Kier molecular flexibility index (Phi) is 2.54. The molecular weight excluding hydrogens is 242 g/mol. The van der Waals surface area contributed by atoms with Crippen LogP contribution < -0.4 is 5.32 Å². The summed E-state index contributed by atoms with van der Waals surface area (Å²) < 4.78 is 6.94. The Bertz CT molecular complexity index is 692. The van der Waals surface area contributed by atoms with Crippen molar-refractivity contribution in [3.63, 3.8) is 0 Å². The van der Waals surface area contributed by atoms with Crippen molar-refractivity contribution >= 4 is 22.5 Å². The molecule has 2 heterocycles. The minimum atomic E-state index is -1.03. The average molecular weight is 255 g/mol. The lowest BCUT2D eigenvalue weighted by Crippen LogP contribution is -2.50. The first-order valence-corrected chi connectivity index (χ1v) is 6.01. The number of amides is 1. The molecule has 0 bridgehead atoms. The Morgan fingerprint density at radius 1 is 1.47 bits per heavy atom. The molecule has 96 valence electrons. The number of aryl methyl sites for hydroxylation is 1. The van der Waals surface area contributed by atoms with Crippen molar-refractivity contribution in [2.75, 3.05) is 18.5 Å². The molecule has 5 nitrogen and oxygen atoms in total. The first kappa shape index (κ1) is 11.8. The van der Waals surface area contributed by atoms with Gasteiger partial charge in [0, 0.05) is 24.1 Å². The van der Waals surface area contributed by atoms with Crippen molar-refractivity contribution in [1.82, 2.24) is 4.57 Å². The average Bonchev–Trinajstić information content (AvgIpc) is 2.66. The molecule has 1 aromatic heterocycles. The predicted molar refractivity (Wildman–Crippen MR) is 70.4 cm³/mol. The summed E-state index contributed by atoms with van der Waals surface area (Å²) in [6.07, 6.45) is 1.85. The van der Waals surface area contributed by atoms with Gasteiger partial charge in [-0.2, -0.15) is 5.26 Å². The molecule has 1 fully saturated rings. The molecule has 1 aliphatic heterocycles. The number of nitrogens with zero attached hydrogens (tertiary/aromatic N) is 2. The predicted octanol–water partition coefficient (Wildman–Crippen LogP) is 1.66. The second kappa shape index (κ2) is 4.11. The van der Waals surface area contributed by atoms with E-state index < -0.39 is 5.41 Å². The van der Waals surface area contributed by atoms with Gasteiger partial charge in [-0.3, -0.25) is 4.79 Å². The Balaban J connectivity index is 1.94. The maximum atomic E-state index is 12.2. The number of carbonyl (C=O) groups is 1. The van der Waals surface area contributed by atoms with Crippen LogP contribution in [0.25, 0.3) is 10.9 Å². The van der Waals surface area contributed by atoms with Crippen molar-refractivity contribution in [1.29, 1.82) is 5.26 Å². The fourth-order valence-electron chi connectivity index (χ4n) is 2.24. The van der Waals surface area contributed by atoms with Crippen LogP contribution in [-0.2, 0) is 16.6 Å². The normalized spacial score (nSPS) is 16.6. The van der Waals surface area contributed by atoms with Crippen LogP contribution in [0.2, 0.25) is 0 Å². The molecule has 1 amide bonds. The highest BCUT2D eigenvalue weighted by Gasteiger charge is 2.46. The number of fused-ring (bicyclic) bond motifs is 1. The Hall–Kier alpha value is -2.32. The van der Waals surface area contributed by atoms with Crippen LogP contribution in [0.1, 0.15) is 0 Å². The SMILES string of the molecule is Cn1cc(NC(=O)C2(C#N)COC2)c2ccccc21. The molecule has 2 aromatic rings. The Labute approximate surface area is 110 Å². The fourth-order valence-corrected chi connectivity index (χ4v) is 2.24. The molecular formula is C14H13N3O2. The van der Waals surface area contributed by atoms with Gasteiger partial charge in [-0.05, 0) is 6.07 Å². The number of anilines is 1. The Morgan fingerprint density at radius 3 is 2.84 bits per heavy atom. The molecule has 0 spiro atoms. The van der Waals surface area contributed by atoms with E-state index >= 15 is 0 Å². The summed E-state index contributed by atoms with van der Waals surface area (Å²) in [6, 6.07) is 9.85. The summed E-state index contributed by atoms with van der Waals surface area (Å²) in [6.45, 7) is 0.334. The highest BCUT2D eigenvalue weighted by molar-refractivity contribution is 6.05. The van der Waals surface area contributed by atoms with Crippen molar-refractivity contribution < 1.29 is 9.53 Å². The number of rotatable bonds is 2. The van der Waals surface area contributed by atoms with Crippen LogP contribution in [0.3, 0.4) is 0 Å². The van der Waals surface area contributed by atoms with Gasteiger partial charge in [0.2, 0.25) is 5.91 Å². The van der Waals surface area contributed by atoms with E-state index in [1.54, 1.807) is 0 Å². The molecule has 0 radical (unpaired) electrons. The number of hydrogen-bond acceptors (Lipinski definition) is 3. The smallest absolute Gasteiger partial charge is 0.249 e. The third kappa shape index (κ3) is 1.69. The number of nitriles is 1. The summed E-state index contributed by atoms with van der Waals surface area (Å²) in [5.74, 6) is -0.294. The van der Waals surface area contributed by atoms with E-state index in [1.165, 1.54) is 0 Å². The van der Waals surface area contributed by atoms with Crippen LogP contribution in [-0.4, -0.2) is 23.7 Å². The van der Waals surface area contributed by atoms with Crippen LogP contribution >= 0.6 is 0 Å². The number of benzene rings is 1. The molecule has 3 rings (SSSR count). The number of nitrogens with one attached hydrogen (secondary N) is 1. The molecule has 0 atom stereocenters. The second-order valence-corrected chi connectivity index (χ2v) is 4.81. The molecule has 5 heteroatoms. The van der Waals surface area contributed by atoms with E-state index in [2.05, 4.69) is 5.32 Å². The molecule has 19 heavy (non-hydrogen) atoms. The fraction of sp³-hybridized carbons (Fsp3) is 0.286. The van der Waals surface area contributed by atoms with Crippen molar-refractivity contribution in [2.24, 2.45) is 12.5 Å². The summed E-state index contributed by atoms with van der Waals surface area (Å²) >= 11 is 0. The zero-order valence-electron chi connectivity index (χ0n) is 10.5. The van der Waals surface area contributed by atoms with Crippen molar-refractivity contribution in [3.8, 4) is 6.07 Å². The van der Waals surface area contributed by atoms with E-state index in [9.17, 15) is 4.79 Å². The molecule has 1 aliphatic rings. The van der Waals surface area contributed by atoms with E-state index in [1.807, 2.05) is 48.1 Å². The molecule has 0 unspecified atom stereocenters. The summed E-state index contributed by atoms with van der Waals surface area (Å²) in [7, 11) is 1.92. The van der Waals surface area contributed by atoms with Crippen LogP contribution in [0, 0.1) is 16.7 Å². The van der Waals surface area contributed by atoms with E-state index in [0.717, 1.165) is 16.6 Å². The first-order valence-electron chi connectivity index (χ1n) is 6.01. The first-order chi connectivity index (χ1) is 9.16.